The van der Waals surface area contributed by atoms with Gasteiger partial charge in [0.1, 0.15) is 0 Å². The Kier molecular flexibility index (Phi) is 1.68. The molecule has 0 aromatic carbocycles. The van der Waals surface area contributed by atoms with Crippen molar-refractivity contribution in [2.24, 2.45) is 59.2 Å². The quantitative estimate of drug-likeness (QED) is 0.695. The van der Waals surface area contributed by atoms with Crippen LogP contribution in [0.5, 0.6) is 0 Å². The maximum absolute atomic E-state index is 12.2. The smallest absolute Gasteiger partial charge is 0.309 e. The van der Waals surface area contributed by atoms with Crippen molar-refractivity contribution in [2.75, 3.05) is 14.2 Å². The Bertz CT molecular complexity index is 436. The van der Waals surface area contributed by atoms with Gasteiger partial charge in [-0.25, -0.2) is 0 Å². The van der Waals surface area contributed by atoms with Crippen LogP contribution in [0, 0.1) is 59.2 Å². The third-order valence-corrected chi connectivity index (χ3v) is 7.07. The van der Waals surface area contributed by atoms with Crippen molar-refractivity contribution in [3.8, 4) is 0 Å². The molecule has 7 aliphatic rings. The van der Waals surface area contributed by atoms with Crippen molar-refractivity contribution < 1.29 is 19.1 Å². The fourth-order valence-electron chi connectivity index (χ4n) is 6.80. The number of fused-ring (bicyclic) bond motifs is 1. The molecule has 0 aromatic rings. The average molecular weight is 262 g/mol. The number of esters is 2. The summed E-state index contributed by atoms with van der Waals surface area (Å²) in [6, 6.07) is 0. The summed E-state index contributed by atoms with van der Waals surface area (Å²) < 4.78 is 10.0. The van der Waals surface area contributed by atoms with Crippen LogP contribution in [0.4, 0.5) is 0 Å². The van der Waals surface area contributed by atoms with Crippen molar-refractivity contribution in [3.63, 3.8) is 0 Å². The first-order chi connectivity index (χ1) is 9.20. The number of methoxy groups -OCH3 is 2. The van der Waals surface area contributed by atoms with Crippen molar-refractivity contribution in [1.82, 2.24) is 0 Å². The molecule has 0 N–H and O–H groups in total. The molecule has 7 aliphatic carbocycles. The largest absolute Gasteiger partial charge is 0.469 e. The van der Waals surface area contributed by atoms with Gasteiger partial charge in [-0.1, -0.05) is 0 Å². The maximum atomic E-state index is 12.2. The maximum Gasteiger partial charge on any atom is 0.309 e. The van der Waals surface area contributed by atoms with Crippen LogP contribution in [0.1, 0.15) is 6.42 Å². The minimum atomic E-state index is -0.222. The molecule has 0 aliphatic heterocycles. The topological polar surface area (TPSA) is 52.6 Å². The van der Waals surface area contributed by atoms with Crippen molar-refractivity contribution in [3.05, 3.63) is 0 Å². The van der Waals surface area contributed by atoms with Crippen molar-refractivity contribution in [2.45, 2.75) is 6.42 Å². The van der Waals surface area contributed by atoms with Gasteiger partial charge in [0.2, 0.25) is 0 Å². The van der Waals surface area contributed by atoms with Crippen LogP contribution in [0.3, 0.4) is 0 Å². The molecule has 8 atom stereocenters. The summed E-state index contributed by atoms with van der Waals surface area (Å²) in [5, 5.41) is 0. The van der Waals surface area contributed by atoms with Crippen LogP contribution in [-0.4, -0.2) is 26.2 Å². The Balaban J connectivity index is 1.61. The molecule has 7 fully saturated rings. The zero-order valence-electron chi connectivity index (χ0n) is 11.1. The zero-order chi connectivity index (χ0) is 13.0. The van der Waals surface area contributed by atoms with Gasteiger partial charge in [0.25, 0.3) is 0 Å². The van der Waals surface area contributed by atoms with Gasteiger partial charge in [-0.05, 0) is 53.8 Å². The summed E-state index contributed by atoms with van der Waals surface area (Å²) in [7, 11) is 2.88. The lowest BCUT2D eigenvalue weighted by Crippen LogP contribution is -2.51. The Hall–Kier alpha value is -1.06. The van der Waals surface area contributed by atoms with E-state index in [9.17, 15) is 9.59 Å². The predicted molar refractivity (Wildman–Crippen MR) is 63.5 cm³/mol. The summed E-state index contributed by atoms with van der Waals surface area (Å²) in [6.07, 6.45) is 1.36. The van der Waals surface area contributed by atoms with Gasteiger partial charge < -0.3 is 9.47 Å². The van der Waals surface area contributed by atoms with E-state index in [0.717, 1.165) is 35.5 Å². The highest BCUT2D eigenvalue weighted by Gasteiger charge is 2.85. The highest BCUT2D eigenvalue weighted by molar-refractivity contribution is 5.84. The number of rotatable bonds is 2. The Morgan fingerprint density at radius 3 is 1.42 bits per heavy atom. The molecule has 4 nitrogen and oxygen atoms in total. The molecule has 0 radical (unpaired) electrons. The van der Waals surface area contributed by atoms with Crippen molar-refractivity contribution >= 4 is 11.9 Å². The van der Waals surface area contributed by atoms with Crippen LogP contribution in [0.15, 0.2) is 0 Å². The summed E-state index contributed by atoms with van der Waals surface area (Å²) in [5.74, 6) is 4.51. The van der Waals surface area contributed by atoms with Gasteiger partial charge in [0.05, 0.1) is 26.1 Å². The lowest BCUT2D eigenvalue weighted by Gasteiger charge is -2.44. The fraction of sp³-hybridized carbons (Fsp3) is 0.867. The summed E-state index contributed by atoms with van der Waals surface area (Å²) in [5.41, 5.74) is 0. The molecular formula is C15H18O4. The lowest BCUT2D eigenvalue weighted by molar-refractivity contribution is -0.171. The van der Waals surface area contributed by atoms with E-state index in [4.69, 9.17) is 9.47 Å². The second kappa shape index (κ2) is 2.99. The fourth-order valence-corrected chi connectivity index (χ4v) is 6.80. The minimum Gasteiger partial charge on any atom is -0.469 e. The molecule has 0 spiro atoms. The second-order valence-electron chi connectivity index (χ2n) is 7.13. The monoisotopic (exact) mass is 262 g/mol. The van der Waals surface area contributed by atoms with Gasteiger partial charge in [0.15, 0.2) is 0 Å². The highest BCUT2D eigenvalue weighted by Crippen LogP contribution is 2.87. The first-order valence-electron chi connectivity index (χ1n) is 7.36. The average Bonchev–Trinajstić information content (AvgIpc) is 3.34. The number of hydrogen-bond donors (Lipinski definition) is 0. The highest BCUT2D eigenvalue weighted by atomic mass is 16.5. The van der Waals surface area contributed by atoms with Crippen LogP contribution in [-0.2, 0) is 19.1 Å². The lowest BCUT2D eigenvalue weighted by atomic mass is 9.58. The SMILES string of the molecule is COC(=O)[C@@H]1C2C3C4CC5C2C5C(C43)[C@@H]1C(=O)OC. The number of ether oxygens (including phenoxy) is 2. The third kappa shape index (κ3) is 0.954. The molecule has 7 saturated carbocycles. The molecule has 7 rings (SSSR count). The first-order valence-corrected chi connectivity index (χ1v) is 7.36. The molecule has 6 unspecified atom stereocenters. The zero-order valence-corrected chi connectivity index (χ0v) is 11.1. The van der Waals surface area contributed by atoms with E-state index in [0.29, 0.717) is 11.8 Å². The van der Waals surface area contributed by atoms with Crippen molar-refractivity contribution in [1.29, 1.82) is 0 Å². The van der Waals surface area contributed by atoms with E-state index in [2.05, 4.69) is 0 Å². The molecule has 0 heterocycles. The summed E-state index contributed by atoms with van der Waals surface area (Å²) in [6.45, 7) is 0. The second-order valence-corrected chi connectivity index (χ2v) is 7.13. The summed E-state index contributed by atoms with van der Waals surface area (Å²) >= 11 is 0. The van der Waals surface area contributed by atoms with Crippen LogP contribution < -0.4 is 0 Å². The molecule has 102 valence electrons. The molecule has 0 aromatic heterocycles. The Morgan fingerprint density at radius 1 is 0.737 bits per heavy atom. The number of carbonyl (C=O) groups is 2. The van der Waals surface area contributed by atoms with Crippen LogP contribution >= 0.6 is 0 Å². The van der Waals surface area contributed by atoms with E-state index in [1.54, 1.807) is 0 Å². The van der Waals surface area contributed by atoms with E-state index in [1.807, 2.05) is 0 Å². The van der Waals surface area contributed by atoms with E-state index in [1.165, 1.54) is 20.6 Å². The van der Waals surface area contributed by atoms with E-state index < -0.39 is 0 Å². The van der Waals surface area contributed by atoms with Gasteiger partial charge in [-0.3, -0.25) is 9.59 Å². The number of hydrogen-bond acceptors (Lipinski definition) is 4. The molecule has 8 bridgehead atoms. The minimum absolute atomic E-state index is 0.180. The van der Waals surface area contributed by atoms with Gasteiger partial charge in [-0.15, -0.1) is 0 Å². The summed E-state index contributed by atoms with van der Waals surface area (Å²) in [4.78, 5) is 24.4. The van der Waals surface area contributed by atoms with Gasteiger partial charge >= 0.3 is 11.9 Å². The van der Waals surface area contributed by atoms with E-state index in [-0.39, 0.29) is 23.8 Å². The number of carbonyl (C=O) groups excluding carboxylic acids is 2. The molecule has 0 amide bonds. The molecule has 19 heavy (non-hydrogen) atoms. The molecular weight excluding hydrogens is 244 g/mol. The Labute approximate surface area is 111 Å². The van der Waals surface area contributed by atoms with Gasteiger partial charge in [-0.2, -0.15) is 0 Å². The predicted octanol–water partition coefficient (Wildman–Crippen LogP) is 0.952. The Morgan fingerprint density at radius 2 is 1.11 bits per heavy atom. The normalized spacial score (nSPS) is 61.4. The van der Waals surface area contributed by atoms with Gasteiger partial charge in [0, 0.05) is 0 Å². The molecule has 0 saturated heterocycles. The van der Waals surface area contributed by atoms with Crippen LogP contribution in [0.25, 0.3) is 0 Å². The first kappa shape index (κ1) is 10.7. The standard InChI is InChI=1S/C15H18O4/c1-18-14(16)12-10-6-4-3-5-7(10)9(5)11(8(4)6)13(12)15(17)19-2/h4-13H,3H2,1-2H3/t4?,5?,6?,7?,8?,9?,10?,11?,12-,13+. The molecule has 4 heteroatoms. The third-order valence-electron chi connectivity index (χ3n) is 7.07. The van der Waals surface area contributed by atoms with E-state index >= 15 is 0 Å². The van der Waals surface area contributed by atoms with Crippen LogP contribution in [0.2, 0.25) is 0 Å².